The predicted octanol–water partition coefficient (Wildman–Crippen LogP) is 2.35. The molecule has 4 heteroatoms. The maximum absolute atomic E-state index is 12.1. The second-order valence-electron chi connectivity index (χ2n) is 5.60. The second-order valence-corrected chi connectivity index (χ2v) is 5.60. The molecule has 1 aromatic rings. The molecular weight excluding hydrogens is 240 g/mol. The van der Waals surface area contributed by atoms with Gasteiger partial charge < -0.3 is 10.6 Å². The van der Waals surface area contributed by atoms with E-state index in [1.54, 1.807) is 12.1 Å². The molecule has 1 aromatic carbocycles. The van der Waals surface area contributed by atoms with Crippen LogP contribution in [0.5, 0.6) is 0 Å². The molecule has 1 atom stereocenters. The van der Waals surface area contributed by atoms with Crippen molar-refractivity contribution in [2.45, 2.75) is 39.7 Å². The summed E-state index contributed by atoms with van der Waals surface area (Å²) < 4.78 is 0. The minimum atomic E-state index is -0.0860. The van der Waals surface area contributed by atoms with Gasteiger partial charge in [0.1, 0.15) is 0 Å². The van der Waals surface area contributed by atoms with Gasteiger partial charge in [-0.2, -0.15) is 0 Å². The summed E-state index contributed by atoms with van der Waals surface area (Å²) in [6.07, 6.45) is 1.36. The fraction of sp³-hybridized carbons (Fsp3) is 0.467. The van der Waals surface area contributed by atoms with Crippen molar-refractivity contribution >= 4 is 17.5 Å². The van der Waals surface area contributed by atoms with Crippen LogP contribution in [0.25, 0.3) is 0 Å². The van der Waals surface area contributed by atoms with E-state index < -0.39 is 0 Å². The van der Waals surface area contributed by atoms with Gasteiger partial charge >= 0.3 is 0 Å². The molecule has 1 unspecified atom stereocenters. The van der Waals surface area contributed by atoms with E-state index in [9.17, 15) is 9.59 Å². The van der Waals surface area contributed by atoms with Gasteiger partial charge in [-0.15, -0.1) is 0 Å². The highest BCUT2D eigenvalue weighted by molar-refractivity contribution is 6.02. The summed E-state index contributed by atoms with van der Waals surface area (Å²) in [7, 11) is 0. The standard InChI is InChI=1S/C15H20N2O2/c1-9(2)6-10(3)16-15(19)12-5-4-11-8-14(18)17-13(11)7-12/h4-5,7,9-10H,6,8H2,1-3H3,(H,16,19)(H,17,18). The molecule has 0 spiro atoms. The number of nitrogens with one attached hydrogen (secondary N) is 2. The van der Waals surface area contributed by atoms with Crippen LogP contribution in [-0.4, -0.2) is 17.9 Å². The Morgan fingerprint density at radius 1 is 1.37 bits per heavy atom. The average molecular weight is 260 g/mol. The molecule has 0 bridgehead atoms. The minimum absolute atomic E-state index is 0.0132. The predicted molar refractivity (Wildman–Crippen MR) is 75.2 cm³/mol. The van der Waals surface area contributed by atoms with Crippen molar-refractivity contribution in [1.29, 1.82) is 0 Å². The summed E-state index contributed by atoms with van der Waals surface area (Å²) in [6, 6.07) is 5.51. The summed E-state index contributed by atoms with van der Waals surface area (Å²) in [5.74, 6) is 0.451. The van der Waals surface area contributed by atoms with E-state index in [0.717, 1.165) is 17.7 Å². The van der Waals surface area contributed by atoms with Gasteiger partial charge in [0.15, 0.2) is 0 Å². The maximum Gasteiger partial charge on any atom is 0.251 e. The zero-order valence-electron chi connectivity index (χ0n) is 11.6. The number of benzene rings is 1. The lowest BCUT2D eigenvalue weighted by molar-refractivity contribution is -0.115. The number of hydrogen-bond acceptors (Lipinski definition) is 2. The highest BCUT2D eigenvalue weighted by Crippen LogP contribution is 2.24. The smallest absolute Gasteiger partial charge is 0.251 e. The van der Waals surface area contributed by atoms with E-state index >= 15 is 0 Å². The molecule has 19 heavy (non-hydrogen) atoms. The number of anilines is 1. The van der Waals surface area contributed by atoms with E-state index in [2.05, 4.69) is 24.5 Å². The summed E-state index contributed by atoms with van der Waals surface area (Å²) in [5.41, 5.74) is 2.31. The Labute approximate surface area is 113 Å². The van der Waals surface area contributed by atoms with E-state index in [1.165, 1.54) is 0 Å². The van der Waals surface area contributed by atoms with Crippen LogP contribution in [0.15, 0.2) is 18.2 Å². The number of carbonyl (C=O) groups excluding carboxylic acids is 2. The molecule has 0 aromatic heterocycles. The number of rotatable bonds is 4. The first-order chi connectivity index (χ1) is 8.95. The van der Waals surface area contributed by atoms with E-state index in [1.807, 2.05) is 13.0 Å². The van der Waals surface area contributed by atoms with Crippen LogP contribution in [-0.2, 0) is 11.2 Å². The Kier molecular flexibility index (Phi) is 3.88. The lowest BCUT2D eigenvalue weighted by atomic mass is 10.0. The SMILES string of the molecule is CC(C)CC(C)NC(=O)c1ccc2c(c1)NC(=O)C2. The summed E-state index contributed by atoms with van der Waals surface area (Å²) >= 11 is 0. The Morgan fingerprint density at radius 2 is 2.11 bits per heavy atom. The fourth-order valence-electron chi connectivity index (χ4n) is 2.43. The van der Waals surface area contributed by atoms with Crippen LogP contribution in [0.4, 0.5) is 5.69 Å². The third-order valence-corrected chi connectivity index (χ3v) is 3.20. The van der Waals surface area contributed by atoms with Crippen LogP contribution in [0, 0.1) is 5.92 Å². The molecule has 2 amide bonds. The molecule has 0 saturated carbocycles. The molecule has 2 rings (SSSR count). The zero-order chi connectivity index (χ0) is 14.0. The van der Waals surface area contributed by atoms with Crippen molar-refractivity contribution in [2.75, 3.05) is 5.32 Å². The van der Waals surface area contributed by atoms with Crippen LogP contribution in [0.2, 0.25) is 0 Å². The Morgan fingerprint density at radius 3 is 2.79 bits per heavy atom. The van der Waals surface area contributed by atoms with Crippen LogP contribution < -0.4 is 10.6 Å². The highest BCUT2D eigenvalue weighted by atomic mass is 16.2. The van der Waals surface area contributed by atoms with Gasteiger partial charge in [0, 0.05) is 17.3 Å². The molecule has 1 aliphatic heterocycles. The van der Waals surface area contributed by atoms with Crippen molar-refractivity contribution in [1.82, 2.24) is 5.32 Å². The fourth-order valence-corrected chi connectivity index (χ4v) is 2.43. The Hall–Kier alpha value is -1.84. The van der Waals surface area contributed by atoms with Gasteiger partial charge in [0.25, 0.3) is 5.91 Å². The summed E-state index contributed by atoms with van der Waals surface area (Å²) in [6.45, 7) is 6.27. The normalized spacial score (nSPS) is 15.1. The molecule has 1 aliphatic rings. The van der Waals surface area contributed by atoms with Crippen molar-refractivity contribution in [3.8, 4) is 0 Å². The molecule has 102 valence electrons. The molecule has 0 radical (unpaired) electrons. The third-order valence-electron chi connectivity index (χ3n) is 3.20. The van der Waals surface area contributed by atoms with Crippen LogP contribution in [0.3, 0.4) is 0 Å². The minimum Gasteiger partial charge on any atom is -0.350 e. The Balaban J connectivity index is 2.04. The third kappa shape index (κ3) is 3.34. The average Bonchev–Trinajstić information content (AvgIpc) is 2.66. The Bertz CT molecular complexity index is 509. The topological polar surface area (TPSA) is 58.2 Å². The summed E-state index contributed by atoms with van der Waals surface area (Å²) in [4.78, 5) is 23.4. The lowest BCUT2D eigenvalue weighted by Gasteiger charge is -2.16. The van der Waals surface area contributed by atoms with Crippen molar-refractivity contribution in [2.24, 2.45) is 5.92 Å². The van der Waals surface area contributed by atoms with Crippen molar-refractivity contribution < 1.29 is 9.59 Å². The first kappa shape index (κ1) is 13.6. The van der Waals surface area contributed by atoms with Crippen LogP contribution >= 0.6 is 0 Å². The summed E-state index contributed by atoms with van der Waals surface area (Å²) in [5, 5.41) is 5.74. The van der Waals surface area contributed by atoms with E-state index in [0.29, 0.717) is 17.9 Å². The molecule has 4 nitrogen and oxygen atoms in total. The zero-order valence-corrected chi connectivity index (χ0v) is 11.6. The second kappa shape index (κ2) is 5.43. The van der Waals surface area contributed by atoms with Gasteiger partial charge in [-0.05, 0) is 37.0 Å². The first-order valence-corrected chi connectivity index (χ1v) is 6.69. The largest absolute Gasteiger partial charge is 0.350 e. The lowest BCUT2D eigenvalue weighted by Crippen LogP contribution is -2.33. The molecule has 2 N–H and O–H groups in total. The quantitative estimate of drug-likeness (QED) is 0.873. The molecule has 1 heterocycles. The number of hydrogen-bond donors (Lipinski definition) is 2. The molecule has 0 fully saturated rings. The monoisotopic (exact) mass is 260 g/mol. The van der Waals surface area contributed by atoms with Gasteiger partial charge in [-0.1, -0.05) is 19.9 Å². The van der Waals surface area contributed by atoms with Gasteiger partial charge in [0.2, 0.25) is 5.91 Å². The van der Waals surface area contributed by atoms with Gasteiger partial charge in [-0.25, -0.2) is 0 Å². The number of fused-ring (bicyclic) bond motifs is 1. The van der Waals surface area contributed by atoms with E-state index in [-0.39, 0.29) is 17.9 Å². The first-order valence-electron chi connectivity index (χ1n) is 6.69. The van der Waals surface area contributed by atoms with Crippen LogP contribution in [0.1, 0.15) is 43.1 Å². The number of amides is 2. The molecule has 0 aliphatic carbocycles. The maximum atomic E-state index is 12.1. The molecular formula is C15H20N2O2. The van der Waals surface area contributed by atoms with Crippen molar-refractivity contribution in [3.63, 3.8) is 0 Å². The van der Waals surface area contributed by atoms with Gasteiger partial charge in [0.05, 0.1) is 6.42 Å². The highest BCUT2D eigenvalue weighted by Gasteiger charge is 2.19. The number of carbonyl (C=O) groups is 2. The van der Waals surface area contributed by atoms with Gasteiger partial charge in [-0.3, -0.25) is 9.59 Å². The van der Waals surface area contributed by atoms with Crippen molar-refractivity contribution in [3.05, 3.63) is 29.3 Å². The van der Waals surface area contributed by atoms with E-state index in [4.69, 9.17) is 0 Å². The molecule has 0 saturated heterocycles.